The summed E-state index contributed by atoms with van der Waals surface area (Å²) >= 11 is 0. The van der Waals surface area contributed by atoms with Gasteiger partial charge in [-0.3, -0.25) is 0 Å². The van der Waals surface area contributed by atoms with Crippen LogP contribution in [0.15, 0.2) is 200 Å². The molecule has 0 saturated carbocycles. The third-order valence-electron chi connectivity index (χ3n) is 10.8. The van der Waals surface area contributed by atoms with Crippen molar-refractivity contribution in [1.29, 1.82) is 0 Å². The number of nitrogens with zero attached hydrogens (tertiary/aromatic N) is 5. The van der Waals surface area contributed by atoms with E-state index in [1.54, 1.807) is 0 Å². The molecule has 8 aromatic carbocycles. The Bertz CT molecular complexity index is 3230. The maximum Gasteiger partial charge on any atom is 0.164 e. The molecule has 0 atom stereocenters. The van der Waals surface area contributed by atoms with Crippen molar-refractivity contribution in [2.24, 2.45) is 0 Å². The van der Waals surface area contributed by atoms with Crippen LogP contribution in [0.1, 0.15) is 0 Å². The molecule has 0 bridgehead atoms. The van der Waals surface area contributed by atoms with Crippen LogP contribution in [-0.4, -0.2) is 24.5 Å². The maximum absolute atomic E-state index is 5.18. The smallest absolute Gasteiger partial charge is 0.164 e. The first kappa shape index (κ1) is 32.7. The van der Waals surface area contributed by atoms with E-state index in [1.807, 2.05) is 36.4 Å². The highest BCUT2D eigenvalue weighted by molar-refractivity contribution is 6.14. The van der Waals surface area contributed by atoms with Crippen molar-refractivity contribution in [3.63, 3.8) is 0 Å². The Morgan fingerprint density at radius 1 is 0.333 bits per heavy atom. The molecule has 11 rings (SSSR count). The second-order valence-electron chi connectivity index (χ2n) is 14.3. The van der Waals surface area contributed by atoms with E-state index in [9.17, 15) is 0 Å². The van der Waals surface area contributed by atoms with Crippen molar-refractivity contribution >= 4 is 43.5 Å². The van der Waals surface area contributed by atoms with Crippen molar-refractivity contribution in [1.82, 2.24) is 24.5 Å². The lowest BCUT2D eigenvalue weighted by atomic mass is 9.94. The highest BCUT2D eigenvalue weighted by atomic mass is 15.0. The lowest BCUT2D eigenvalue weighted by Crippen LogP contribution is -2.01. The fourth-order valence-electron chi connectivity index (χ4n) is 8.14. The van der Waals surface area contributed by atoms with Crippen molar-refractivity contribution in [3.05, 3.63) is 200 Å². The van der Waals surface area contributed by atoms with E-state index in [4.69, 9.17) is 19.9 Å². The van der Waals surface area contributed by atoms with Gasteiger partial charge in [-0.1, -0.05) is 158 Å². The topological polar surface area (TPSA) is 56.5 Å². The van der Waals surface area contributed by atoms with Gasteiger partial charge < -0.3 is 4.57 Å². The van der Waals surface area contributed by atoms with Gasteiger partial charge in [-0.05, 0) is 64.4 Å². The van der Waals surface area contributed by atoms with E-state index < -0.39 is 0 Å². The van der Waals surface area contributed by atoms with Crippen LogP contribution in [0, 0.1) is 0 Å². The molecule has 3 heterocycles. The predicted octanol–water partition coefficient (Wildman–Crippen LogP) is 13.0. The number of fused-ring (bicyclic) bond motifs is 6. The summed E-state index contributed by atoms with van der Waals surface area (Å²) in [6.45, 7) is 0. The minimum atomic E-state index is 0.615. The summed E-state index contributed by atoms with van der Waals surface area (Å²) in [5, 5.41) is 5.77. The Hall–Kier alpha value is -7.76. The zero-order valence-electron chi connectivity index (χ0n) is 30.8. The van der Waals surface area contributed by atoms with Gasteiger partial charge in [0.25, 0.3) is 0 Å². The lowest BCUT2D eigenvalue weighted by molar-refractivity contribution is 1.07. The molecule has 0 saturated heterocycles. The lowest BCUT2D eigenvalue weighted by Gasteiger charge is -2.14. The highest BCUT2D eigenvalue weighted by Crippen LogP contribution is 2.38. The zero-order chi connectivity index (χ0) is 37.7. The standard InChI is InChI=1S/C52H33N5/c1-4-15-34(16-5-1)44-33-46(35-17-6-2-7-18-35)53-45-30-28-37-31-39(27-29-41(37)49(44)45)52-55-50(36-19-8-3-9-20-36)54-51(56-52)38-21-14-22-40(32-38)57-47-25-12-10-23-42(47)43-24-11-13-26-48(43)57/h1-33H. The number of hydrogen-bond acceptors (Lipinski definition) is 4. The molecule has 0 aliphatic rings. The Kier molecular flexibility index (Phi) is 7.74. The first-order valence-electron chi connectivity index (χ1n) is 19.1. The molecule has 266 valence electrons. The SMILES string of the molecule is c1ccc(-c2cc(-c3ccccc3)c3c(ccc4cc(-c5nc(-c6ccccc6)nc(-c6cccc(-n7c8ccccc8c8ccccc87)c6)n5)ccc43)n2)cc1. The summed E-state index contributed by atoms with van der Waals surface area (Å²) in [6.07, 6.45) is 0. The molecule has 0 aliphatic heterocycles. The van der Waals surface area contributed by atoms with Crippen molar-refractivity contribution in [2.75, 3.05) is 0 Å². The van der Waals surface area contributed by atoms with Crippen LogP contribution < -0.4 is 0 Å². The number of aromatic nitrogens is 5. The third-order valence-corrected chi connectivity index (χ3v) is 10.8. The summed E-state index contributed by atoms with van der Waals surface area (Å²) in [5.74, 6) is 1.86. The molecule has 11 aromatic rings. The molecule has 5 heteroatoms. The van der Waals surface area contributed by atoms with Crippen LogP contribution in [0.4, 0.5) is 0 Å². The van der Waals surface area contributed by atoms with Gasteiger partial charge in [0.05, 0.1) is 22.2 Å². The van der Waals surface area contributed by atoms with Crippen molar-refractivity contribution < 1.29 is 0 Å². The molecule has 0 unspecified atom stereocenters. The molecule has 0 amide bonds. The second kappa shape index (κ2) is 13.5. The molecule has 0 radical (unpaired) electrons. The monoisotopic (exact) mass is 727 g/mol. The molecule has 5 nitrogen and oxygen atoms in total. The summed E-state index contributed by atoms with van der Waals surface area (Å²) in [5.41, 5.74) is 11.4. The quantitative estimate of drug-likeness (QED) is 0.160. The van der Waals surface area contributed by atoms with Gasteiger partial charge >= 0.3 is 0 Å². The van der Waals surface area contributed by atoms with E-state index >= 15 is 0 Å². The third kappa shape index (κ3) is 5.72. The van der Waals surface area contributed by atoms with Crippen LogP contribution >= 0.6 is 0 Å². The fourth-order valence-corrected chi connectivity index (χ4v) is 8.14. The highest BCUT2D eigenvalue weighted by Gasteiger charge is 2.17. The molecule has 0 aliphatic carbocycles. The van der Waals surface area contributed by atoms with E-state index in [0.29, 0.717) is 17.5 Å². The summed E-state index contributed by atoms with van der Waals surface area (Å²) in [7, 11) is 0. The van der Waals surface area contributed by atoms with Crippen LogP contribution in [-0.2, 0) is 0 Å². The van der Waals surface area contributed by atoms with Crippen LogP contribution in [0.5, 0.6) is 0 Å². The maximum atomic E-state index is 5.18. The molecule has 57 heavy (non-hydrogen) atoms. The van der Waals surface area contributed by atoms with Crippen molar-refractivity contribution in [2.45, 2.75) is 0 Å². The number of rotatable bonds is 6. The van der Waals surface area contributed by atoms with Crippen LogP contribution in [0.2, 0.25) is 0 Å². The van der Waals surface area contributed by atoms with Gasteiger partial charge in [0.2, 0.25) is 0 Å². The summed E-state index contributed by atoms with van der Waals surface area (Å²) < 4.78 is 2.32. The minimum absolute atomic E-state index is 0.615. The summed E-state index contributed by atoms with van der Waals surface area (Å²) in [4.78, 5) is 20.5. The Morgan fingerprint density at radius 2 is 0.877 bits per heavy atom. The normalized spacial score (nSPS) is 11.5. The number of hydrogen-bond donors (Lipinski definition) is 0. The zero-order valence-corrected chi connectivity index (χ0v) is 30.8. The molecule has 0 fully saturated rings. The van der Waals surface area contributed by atoms with Crippen molar-refractivity contribution in [3.8, 4) is 62.2 Å². The van der Waals surface area contributed by atoms with Gasteiger partial charge in [0.1, 0.15) is 0 Å². The van der Waals surface area contributed by atoms with Gasteiger partial charge in [-0.2, -0.15) is 0 Å². The fraction of sp³-hybridized carbons (Fsp3) is 0. The van der Waals surface area contributed by atoms with Gasteiger partial charge in [0, 0.05) is 44.1 Å². The van der Waals surface area contributed by atoms with Crippen LogP contribution in [0.25, 0.3) is 106 Å². The number of para-hydroxylation sites is 2. The van der Waals surface area contributed by atoms with Crippen LogP contribution in [0.3, 0.4) is 0 Å². The first-order chi connectivity index (χ1) is 28.2. The van der Waals surface area contributed by atoms with Gasteiger partial charge in [-0.15, -0.1) is 0 Å². The van der Waals surface area contributed by atoms with E-state index in [2.05, 4.69) is 168 Å². The molecule has 3 aromatic heterocycles. The minimum Gasteiger partial charge on any atom is -0.309 e. The Balaban J connectivity index is 1.08. The average Bonchev–Trinajstić information content (AvgIpc) is 3.63. The molecular weight excluding hydrogens is 695 g/mol. The largest absolute Gasteiger partial charge is 0.309 e. The van der Waals surface area contributed by atoms with E-state index in [1.165, 1.54) is 10.8 Å². The van der Waals surface area contributed by atoms with E-state index in [-0.39, 0.29) is 0 Å². The summed E-state index contributed by atoms with van der Waals surface area (Å²) in [6, 6.07) is 69.8. The first-order valence-corrected chi connectivity index (χ1v) is 19.1. The average molecular weight is 728 g/mol. The number of pyridine rings is 1. The van der Waals surface area contributed by atoms with Gasteiger partial charge in [-0.25, -0.2) is 19.9 Å². The molecular formula is C52H33N5. The molecule has 0 N–H and O–H groups in total. The predicted molar refractivity (Wildman–Crippen MR) is 234 cm³/mol. The van der Waals surface area contributed by atoms with E-state index in [0.717, 1.165) is 77.5 Å². The second-order valence-corrected chi connectivity index (χ2v) is 14.3. The molecule has 0 spiro atoms. The Labute approximate surface area is 329 Å². The number of benzene rings is 8. The Morgan fingerprint density at radius 3 is 1.54 bits per heavy atom. The van der Waals surface area contributed by atoms with Gasteiger partial charge in [0.15, 0.2) is 17.5 Å².